The highest BCUT2D eigenvalue weighted by atomic mass is 19.4. The van der Waals surface area contributed by atoms with E-state index in [1.165, 1.54) is 24.8 Å². The van der Waals surface area contributed by atoms with Crippen LogP contribution < -0.4 is 0 Å². The minimum absolute atomic E-state index is 0.351. The van der Waals surface area contributed by atoms with Crippen molar-refractivity contribution in [2.45, 2.75) is 6.18 Å². The lowest BCUT2D eigenvalue weighted by Crippen LogP contribution is -2.04. The first-order valence-corrected chi connectivity index (χ1v) is 4.37. The average Bonchev–Trinajstić information content (AvgIpc) is 2.29. The van der Waals surface area contributed by atoms with E-state index in [1.54, 1.807) is 0 Å². The minimum atomic E-state index is -4.32. The summed E-state index contributed by atoms with van der Waals surface area (Å²) >= 11 is 0. The van der Waals surface area contributed by atoms with Crippen LogP contribution in [0.15, 0.2) is 36.9 Å². The predicted molar refractivity (Wildman–Crippen MR) is 50.3 cm³/mol. The van der Waals surface area contributed by atoms with Crippen LogP contribution in [0, 0.1) is 0 Å². The van der Waals surface area contributed by atoms with Crippen molar-refractivity contribution < 1.29 is 13.2 Å². The minimum Gasteiger partial charge on any atom is -0.225 e. The van der Waals surface area contributed by atoms with Crippen LogP contribution in [0.3, 0.4) is 0 Å². The zero-order valence-corrected chi connectivity index (χ0v) is 7.94. The molecule has 0 bridgehead atoms. The zero-order valence-electron chi connectivity index (χ0n) is 7.94. The first-order valence-electron chi connectivity index (χ1n) is 4.37. The summed E-state index contributed by atoms with van der Waals surface area (Å²) in [5, 5.41) is 0. The van der Waals surface area contributed by atoms with Crippen molar-refractivity contribution in [1.82, 2.24) is 15.0 Å². The Morgan fingerprint density at radius 3 is 1.94 bits per heavy atom. The summed E-state index contributed by atoms with van der Waals surface area (Å²) < 4.78 is 36.8. The summed E-state index contributed by atoms with van der Waals surface area (Å²) in [4.78, 5) is 11.3. The third kappa shape index (κ3) is 2.16. The number of hydrogen-bond acceptors (Lipinski definition) is 3. The molecule has 0 fully saturated rings. The second kappa shape index (κ2) is 3.88. The lowest BCUT2D eigenvalue weighted by atomic mass is 10.1. The maximum Gasteiger partial charge on any atom is 0.416 e. The fourth-order valence-corrected chi connectivity index (χ4v) is 1.20. The summed E-state index contributed by atoms with van der Waals surface area (Å²) in [6.07, 6.45) is -1.74. The Labute approximate surface area is 89.0 Å². The van der Waals surface area contributed by atoms with Gasteiger partial charge in [-0.15, -0.1) is 0 Å². The molecule has 2 aromatic rings. The van der Waals surface area contributed by atoms with Gasteiger partial charge in [-0.05, 0) is 12.1 Å². The van der Waals surface area contributed by atoms with Crippen molar-refractivity contribution in [2.24, 2.45) is 0 Å². The largest absolute Gasteiger partial charge is 0.416 e. The first kappa shape index (κ1) is 10.5. The molecule has 1 aromatic heterocycles. The number of nitrogens with zero attached hydrogens (tertiary/aromatic N) is 3. The van der Waals surface area contributed by atoms with Crippen molar-refractivity contribution in [3.8, 4) is 11.4 Å². The van der Waals surface area contributed by atoms with Crippen LogP contribution in [0.4, 0.5) is 13.2 Å². The van der Waals surface area contributed by atoms with Gasteiger partial charge in [0.15, 0.2) is 5.82 Å². The van der Waals surface area contributed by atoms with Crippen molar-refractivity contribution >= 4 is 0 Å². The van der Waals surface area contributed by atoms with E-state index in [0.717, 1.165) is 12.1 Å². The average molecular weight is 225 g/mol. The molecule has 16 heavy (non-hydrogen) atoms. The van der Waals surface area contributed by atoms with E-state index in [2.05, 4.69) is 15.0 Å². The lowest BCUT2D eigenvalue weighted by Gasteiger charge is -2.06. The van der Waals surface area contributed by atoms with Gasteiger partial charge in [0, 0.05) is 5.56 Å². The highest BCUT2D eigenvalue weighted by molar-refractivity contribution is 5.54. The standard InChI is InChI=1S/C10H6F3N3/c11-10(12,13)8-3-1-7(2-4-8)9-15-5-14-6-16-9/h1-6H. The second-order valence-electron chi connectivity index (χ2n) is 3.04. The molecule has 82 valence electrons. The van der Waals surface area contributed by atoms with Gasteiger partial charge in [0.25, 0.3) is 0 Å². The summed E-state index contributed by atoms with van der Waals surface area (Å²) in [5.41, 5.74) is -0.166. The fourth-order valence-electron chi connectivity index (χ4n) is 1.20. The number of halogens is 3. The monoisotopic (exact) mass is 225 g/mol. The molecule has 6 heteroatoms. The molecule has 0 unspecified atom stereocenters. The molecular formula is C10H6F3N3. The number of alkyl halides is 3. The Kier molecular flexibility index (Phi) is 2.55. The summed E-state index contributed by atoms with van der Waals surface area (Å²) in [6.45, 7) is 0. The maximum absolute atomic E-state index is 12.3. The van der Waals surface area contributed by atoms with Crippen molar-refractivity contribution in [3.05, 3.63) is 42.5 Å². The molecule has 1 aromatic carbocycles. The Balaban J connectivity index is 2.34. The predicted octanol–water partition coefficient (Wildman–Crippen LogP) is 2.56. The number of hydrogen-bond donors (Lipinski definition) is 0. The van der Waals surface area contributed by atoms with E-state index < -0.39 is 11.7 Å². The maximum atomic E-state index is 12.3. The van der Waals surface area contributed by atoms with Crippen LogP contribution in [0.5, 0.6) is 0 Å². The van der Waals surface area contributed by atoms with Gasteiger partial charge in [0.05, 0.1) is 5.56 Å². The molecule has 2 rings (SSSR count). The van der Waals surface area contributed by atoms with Crippen LogP contribution in [0.2, 0.25) is 0 Å². The van der Waals surface area contributed by atoms with E-state index in [-0.39, 0.29) is 0 Å². The van der Waals surface area contributed by atoms with Crippen molar-refractivity contribution in [2.75, 3.05) is 0 Å². The zero-order chi connectivity index (χ0) is 11.6. The van der Waals surface area contributed by atoms with E-state index >= 15 is 0 Å². The molecule has 1 heterocycles. The SMILES string of the molecule is FC(F)(F)c1ccc(-c2ncncn2)cc1. The molecule has 0 saturated carbocycles. The number of aromatic nitrogens is 3. The fraction of sp³-hybridized carbons (Fsp3) is 0.100. The summed E-state index contributed by atoms with van der Waals surface area (Å²) in [6, 6.07) is 4.66. The molecular weight excluding hydrogens is 219 g/mol. The van der Waals surface area contributed by atoms with Gasteiger partial charge in [-0.1, -0.05) is 12.1 Å². The van der Waals surface area contributed by atoms with Crippen molar-refractivity contribution in [3.63, 3.8) is 0 Å². The summed E-state index contributed by atoms with van der Waals surface area (Å²) in [5.74, 6) is 0.351. The molecule has 0 N–H and O–H groups in total. The molecule has 0 spiro atoms. The molecule has 0 radical (unpaired) electrons. The third-order valence-corrected chi connectivity index (χ3v) is 1.96. The quantitative estimate of drug-likeness (QED) is 0.748. The van der Waals surface area contributed by atoms with E-state index in [9.17, 15) is 13.2 Å². The third-order valence-electron chi connectivity index (χ3n) is 1.96. The van der Waals surface area contributed by atoms with Gasteiger partial charge in [0.2, 0.25) is 0 Å². The van der Waals surface area contributed by atoms with Crippen LogP contribution >= 0.6 is 0 Å². The van der Waals surface area contributed by atoms with Crippen molar-refractivity contribution in [1.29, 1.82) is 0 Å². The number of benzene rings is 1. The molecule has 0 amide bonds. The smallest absolute Gasteiger partial charge is 0.225 e. The lowest BCUT2D eigenvalue weighted by molar-refractivity contribution is -0.137. The molecule has 0 aliphatic carbocycles. The molecule has 0 atom stereocenters. The Bertz CT molecular complexity index is 465. The van der Waals surface area contributed by atoms with Gasteiger partial charge in [-0.25, -0.2) is 15.0 Å². The Hall–Kier alpha value is -1.98. The molecule has 0 aliphatic rings. The van der Waals surface area contributed by atoms with E-state index in [1.807, 2.05) is 0 Å². The Morgan fingerprint density at radius 1 is 0.875 bits per heavy atom. The van der Waals surface area contributed by atoms with Gasteiger partial charge >= 0.3 is 6.18 Å². The van der Waals surface area contributed by atoms with E-state index in [4.69, 9.17) is 0 Å². The van der Waals surface area contributed by atoms with Gasteiger partial charge in [-0.2, -0.15) is 13.2 Å². The number of rotatable bonds is 1. The van der Waals surface area contributed by atoms with E-state index in [0.29, 0.717) is 11.4 Å². The molecule has 3 nitrogen and oxygen atoms in total. The van der Waals surface area contributed by atoms with Crippen LogP contribution in [0.1, 0.15) is 5.56 Å². The van der Waals surface area contributed by atoms with Gasteiger partial charge < -0.3 is 0 Å². The molecule has 0 aliphatic heterocycles. The van der Waals surface area contributed by atoms with Gasteiger partial charge in [0.1, 0.15) is 12.7 Å². The first-order chi connectivity index (χ1) is 7.57. The highest BCUT2D eigenvalue weighted by Crippen LogP contribution is 2.30. The van der Waals surface area contributed by atoms with Crippen LogP contribution in [-0.2, 0) is 6.18 Å². The van der Waals surface area contributed by atoms with Crippen LogP contribution in [0.25, 0.3) is 11.4 Å². The normalized spacial score (nSPS) is 11.4. The highest BCUT2D eigenvalue weighted by Gasteiger charge is 2.29. The summed E-state index contributed by atoms with van der Waals surface area (Å²) in [7, 11) is 0. The topological polar surface area (TPSA) is 38.7 Å². The van der Waals surface area contributed by atoms with Crippen LogP contribution in [-0.4, -0.2) is 15.0 Å². The molecule has 0 saturated heterocycles. The second-order valence-corrected chi connectivity index (χ2v) is 3.04. The Morgan fingerprint density at radius 2 is 1.44 bits per heavy atom. The van der Waals surface area contributed by atoms with Gasteiger partial charge in [-0.3, -0.25) is 0 Å².